The number of carbonyl (C=O) groups excluding carboxylic acids is 1. The van der Waals surface area contributed by atoms with Crippen LogP contribution >= 0.6 is 0 Å². The van der Waals surface area contributed by atoms with Crippen LogP contribution in [0.5, 0.6) is 0 Å². The second kappa shape index (κ2) is 9.72. The number of aromatic amines is 1. The molecule has 0 saturated carbocycles. The highest BCUT2D eigenvalue weighted by Crippen LogP contribution is 2.26. The standard InChI is InChI=1S/C25H32N6O3/c1-17(2)14-30(21(32)16-29-13-12-28-11-7-10-20(28)18(29)3)22-23(26)31(25(34)27-24(22)33)15-19-8-5-4-6-9-19/h4-11,17-18H,12-16,26H2,1-3H3,(H,27,33,34)/t18-/m1/s1. The molecular weight excluding hydrogens is 432 g/mol. The van der Waals surface area contributed by atoms with Gasteiger partial charge in [0, 0.05) is 37.6 Å². The van der Waals surface area contributed by atoms with Crippen molar-refractivity contribution in [3.63, 3.8) is 0 Å². The van der Waals surface area contributed by atoms with Crippen molar-refractivity contribution in [3.8, 4) is 0 Å². The fourth-order valence-corrected chi connectivity index (χ4v) is 4.55. The number of nitrogen functional groups attached to an aromatic ring is 1. The zero-order valence-electron chi connectivity index (χ0n) is 19.9. The van der Waals surface area contributed by atoms with Gasteiger partial charge < -0.3 is 15.2 Å². The van der Waals surface area contributed by atoms with E-state index < -0.39 is 11.2 Å². The van der Waals surface area contributed by atoms with E-state index in [4.69, 9.17) is 5.73 Å². The highest BCUT2D eigenvalue weighted by atomic mass is 16.2. The van der Waals surface area contributed by atoms with Crippen LogP contribution in [0.25, 0.3) is 0 Å². The van der Waals surface area contributed by atoms with Gasteiger partial charge in [-0.25, -0.2) is 4.79 Å². The van der Waals surface area contributed by atoms with Crippen molar-refractivity contribution in [2.75, 3.05) is 30.3 Å². The van der Waals surface area contributed by atoms with Crippen molar-refractivity contribution in [1.82, 2.24) is 19.0 Å². The van der Waals surface area contributed by atoms with Crippen LogP contribution in [0, 0.1) is 5.92 Å². The molecule has 0 aliphatic carbocycles. The number of carbonyl (C=O) groups is 1. The molecule has 3 aromatic rings. The zero-order valence-corrected chi connectivity index (χ0v) is 19.9. The van der Waals surface area contributed by atoms with Crippen LogP contribution in [0.2, 0.25) is 0 Å². The maximum absolute atomic E-state index is 13.6. The Hall–Kier alpha value is -3.59. The molecule has 0 saturated heterocycles. The third-order valence-corrected chi connectivity index (χ3v) is 6.32. The molecule has 0 bridgehead atoms. The summed E-state index contributed by atoms with van der Waals surface area (Å²) < 4.78 is 3.50. The summed E-state index contributed by atoms with van der Waals surface area (Å²) in [6.07, 6.45) is 2.05. The first-order valence-electron chi connectivity index (χ1n) is 11.6. The van der Waals surface area contributed by atoms with E-state index in [-0.39, 0.29) is 42.5 Å². The first-order valence-corrected chi connectivity index (χ1v) is 11.6. The van der Waals surface area contributed by atoms with Gasteiger partial charge in [0.15, 0.2) is 5.69 Å². The van der Waals surface area contributed by atoms with Crippen LogP contribution in [-0.2, 0) is 17.9 Å². The minimum atomic E-state index is -0.651. The molecule has 2 aromatic heterocycles. The number of fused-ring (bicyclic) bond motifs is 1. The largest absolute Gasteiger partial charge is 0.383 e. The lowest BCUT2D eigenvalue weighted by atomic mass is 10.1. The van der Waals surface area contributed by atoms with Crippen LogP contribution in [0.4, 0.5) is 11.5 Å². The Balaban J connectivity index is 1.67. The van der Waals surface area contributed by atoms with Gasteiger partial charge in [0.25, 0.3) is 5.56 Å². The minimum Gasteiger partial charge on any atom is -0.383 e. The molecule has 0 unspecified atom stereocenters. The Labute approximate surface area is 198 Å². The van der Waals surface area contributed by atoms with Gasteiger partial charge in [0.05, 0.1) is 13.1 Å². The molecule has 0 spiro atoms. The van der Waals surface area contributed by atoms with E-state index in [2.05, 4.69) is 27.4 Å². The molecule has 9 heteroatoms. The first kappa shape index (κ1) is 23.6. The summed E-state index contributed by atoms with van der Waals surface area (Å²) >= 11 is 0. The molecule has 0 radical (unpaired) electrons. The lowest BCUT2D eigenvalue weighted by Crippen LogP contribution is -2.48. The summed E-state index contributed by atoms with van der Waals surface area (Å²) in [7, 11) is 0. The van der Waals surface area contributed by atoms with Crippen molar-refractivity contribution in [3.05, 3.63) is 80.8 Å². The maximum Gasteiger partial charge on any atom is 0.330 e. The quantitative estimate of drug-likeness (QED) is 0.556. The number of benzene rings is 1. The normalized spacial score (nSPS) is 15.9. The lowest BCUT2D eigenvalue weighted by Gasteiger charge is -2.36. The Bertz CT molecular complexity index is 1270. The van der Waals surface area contributed by atoms with Crippen molar-refractivity contribution in [1.29, 1.82) is 0 Å². The number of H-pyrrole nitrogens is 1. The number of hydrogen-bond acceptors (Lipinski definition) is 5. The van der Waals surface area contributed by atoms with Gasteiger partial charge in [-0.15, -0.1) is 0 Å². The number of rotatable bonds is 7. The minimum absolute atomic E-state index is 0.00725. The van der Waals surface area contributed by atoms with Crippen molar-refractivity contribution in [2.45, 2.75) is 39.9 Å². The molecule has 1 amide bonds. The van der Waals surface area contributed by atoms with Gasteiger partial charge in [-0.05, 0) is 30.5 Å². The van der Waals surface area contributed by atoms with Gasteiger partial charge in [0.2, 0.25) is 5.91 Å². The molecule has 1 aliphatic rings. The van der Waals surface area contributed by atoms with Crippen LogP contribution in [0.3, 0.4) is 0 Å². The maximum atomic E-state index is 13.6. The molecule has 1 atom stereocenters. The van der Waals surface area contributed by atoms with Crippen molar-refractivity contribution >= 4 is 17.4 Å². The lowest BCUT2D eigenvalue weighted by molar-refractivity contribution is -0.120. The Morgan fingerprint density at radius 1 is 1.15 bits per heavy atom. The molecule has 1 aliphatic heterocycles. The molecule has 3 heterocycles. The van der Waals surface area contributed by atoms with E-state index in [0.29, 0.717) is 6.54 Å². The summed E-state index contributed by atoms with van der Waals surface area (Å²) in [5, 5.41) is 0. The molecular formula is C25H32N6O3. The van der Waals surface area contributed by atoms with Gasteiger partial charge >= 0.3 is 5.69 Å². The van der Waals surface area contributed by atoms with Gasteiger partial charge in [-0.2, -0.15) is 0 Å². The highest BCUT2D eigenvalue weighted by molar-refractivity contribution is 5.97. The van der Waals surface area contributed by atoms with E-state index in [9.17, 15) is 14.4 Å². The SMILES string of the molecule is CC(C)CN(C(=O)CN1CCn2cccc2[C@H]1C)c1c(N)n(Cc2ccccc2)c(=O)[nH]c1=O. The molecule has 1 aromatic carbocycles. The Morgan fingerprint density at radius 2 is 1.88 bits per heavy atom. The molecule has 4 rings (SSSR count). The number of nitrogens with two attached hydrogens (primary N) is 1. The van der Waals surface area contributed by atoms with E-state index in [1.165, 1.54) is 9.47 Å². The average Bonchev–Trinajstić information content (AvgIpc) is 3.28. The third-order valence-electron chi connectivity index (χ3n) is 6.32. The van der Waals surface area contributed by atoms with Gasteiger partial charge in [-0.3, -0.25) is 24.0 Å². The summed E-state index contributed by atoms with van der Waals surface area (Å²) in [4.78, 5) is 45.0. The second-order valence-corrected chi connectivity index (χ2v) is 9.24. The topological polar surface area (TPSA) is 109 Å². The Morgan fingerprint density at radius 3 is 2.59 bits per heavy atom. The van der Waals surface area contributed by atoms with Crippen molar-refractivity contribution < 1.29 is 4.79 Å². The van der Waals surface area contributed by atoms with Gasteiger partial charge in [-0.1, -0.05) is 44.2 Å². The number of nitrogens with one attached hydrogen (secondary N) is 1. The Kier molecular flexibility index (Phi) is 6.74. The summed E-state index contributed by atoms with van der Waals surface area (Å²) in [5.41, 5.74) is 7.19. The summed E-state index contributed by atoms with van der Waals surface area (Å²) in [5.74, 6) is -0.136. The summed E-state index contributed by atoms with van der Waals surface area (Å²) in [6, 6.07) is 13.5. The third kappa shape index (κ3) is 4.70. The van der Waals surface area contributed by atoms with Crippen LogP contribution in [-0.4, -0.2) is 44.6 Å². The average molecular weight is 465 g/mol. The highest BCUT2D eigenvalue weighted by Gasteiger charge is 2.30. The fraction of sp³-hybridized carbons (Fsp3) is 0.400. The van der Waals surface area contributed by atoms with Crippen LogP contribution in [0.1, 0.15) is 38.1 Å². The van der Waals surface area contributed by atoms with Gasteiger partial charge in [0.1, 0.15) is 5.82 Å². The predicted molar refractivity (Wildman–Crippen MR) is 133 cm³/mol. The molecule has 3 N–H and O–H groups in total. The number of hydrogen-bond donors (Lipinski definition) is 2. The molecule has 9 nitrogen and oxygen atoms in total. The van der Waals surface area contributed by atoms with Crippen LogP contribution < -0.4 is 21.9 Å². The number of amides is 1. The van der Waals surface area contributed by atoms with E-state index >= 15 is 0 Å². The summed E-state index contributed by atoms with van der Waals surface area (Å²) in [6.45, 7) is 8.20. The number of anilines is 2. The molecule has 0 fully saturated rings. The van der Waals surface area contributed by atoms with Crippen molar-refractivity contribution in [2.24, 2.45) is 5.92 Å². The zero-order chi connectivity index (χ0) is 24.4. The fourth-order valence-electron chi connectivity index (χ4n) is 4.55. The number of nitrogens with zero attached hydrogens (tertiary/aromatic N) is 4. The van der Waals surface area contributed by atoms with Crippen LogP contribution in [0.15, 0.2) is 58.3 Å². The molecule has 180 valence electrons. The van der Waals surface area contributed by atoms with E-state index in [1.54, 1.807) is 0 Å². The number of aromatic nitrogens is 3. The first-order chi connectivity index (χ1) is 16.3. The molecule has 34 heavy (non-hydrogen) atoms. The predicted octanol–water partition coefficient (Wildman–Crippen LogP) is 2.03. The smallest absolute Gasteiger partial charge is 0.330 e. The monoisotopic (exact) mass is 464 g/mol. The van der Waals surface area contributed by atoms with E-state index in [1.807, 2.05) is 56.4 Å². The van der Waals surface area contributed by atoms with E-state index in [0.717, 1.165) is 24.3 Å². The second-order valence-electron chi connectivity index (χ2n) is 9.24.